The maximum absolute atomic E-state index is 12.0. The Hall–Kier alpha value is -2.06. The third kappa shape index (κ3) is 6.15. The first-order chi connectivity index (χ1) is 10.2. The van der Waals surface area contributed by atoms with Crippen molar-refractivity contribution in [3.05, 3.63) is 17.8 Å². The van der Waals surface area contributed by atoms with Gasteiger partial charge in [-0.2, -0.15) is 18.3 Å². The van der Waals surface area contributed by atoms with Crippen LogP contribution in [0.25, 0.3) is 0 Å². The molecule has 0 fully saturated rings. The summed E-state index contributed by atoms with van der Waals surface area (Å²) in [5.41, 5.74) is 0.424. The van der Waals surface area contributed by atoms with Crippen molar-refractivity contribution < 1.29 is 22.7 Å². The van der Waals surface area contributed by atoms with Gasteiger partial charge >= 0.3 is 12.2 Å². The second-order valence-electron chi connectivity index (χ2n) is 4.81. The average molecular weight is 320 g/mol. The molecule has 0 aliphatic carbocycles. The van der Waals surface area contributed by atoms with Crippen LogP contribution in [0.2, 0.25) is 0 Å². The summed E-state index contributed by atoms with van der Waals surface area (Å²) in [5, 5.41) is 9.90. The molecule has 0 atom stereocenters. The zero-order valence-electron chi connectivity index (χ0n) is 12.6. The zero-order valence-corrected chi connectivity index (χ0v) is 12.6. The van der Waals surface area contributed by atoms with Crippen LogP contribution in [0.5, 0.6) is 5.88 Å². The van der Waals surface area contributed by atoms with Gasteiger partial charge in [-0.05, 0) is 26.8 Å². The number of nitrogens with zero attached hydrogens (tertiary/aromatic N) is 3. The second-order valence-corrected chi connectivity index (χ2v) is 4.81. The first-order valence-electron chi connectivity index (χ1n) is 6.79. The van der Waals surface area contributed by atoms with Gasteiger partial charge in [-0.3, -0.25) is 0 Å². The lowest BCUT2D eigenvalue weighted by atomic mass is 10.3. The van der Waals surface area contributed by atoms with Gasteiger partial charge in [-0.1, -0.05) is 0 Å². The van der Waals surface area contributed by atoms with E-state index in [4.69, 9.17) is 0 Å². The van der Waals surface area contributed by atoms with Crippen molar-refractivity contribution in [1.82, 2.24) is 20.4 Å². The second kappa shape index (κ2) is 7.81. The lowest BCUT2D eigenvalue weighted by Gasteiger charge is -2.25. The molecular weight excluding hydrogens is 301 g/mol. The van der Waals surface area contributed by atoms with E-state index in [0.29, 0.717) is 12.2 Å². The van der Waals surface area contributed by atoms with Gasteiger partial charge in [0.25, 0.3) is 0 Å². The fourth-order valence-corrected chi connectivity index (χ4v) is 1.69. The number of halogens is 3. The van der Waals surface area contributed by atoms with E-state index in [2.05, 4.69) is 20.3 Å². The van der Waals surface area contributed by atoms with Crippen molar-refractivity contribution in [2.75, 3.05) is 13.2 Å². The predicted octanol–water partition coefficient (Wildman–Crippen LogP) is 2.36. The minimum absolute atomic E-state index is 0.0641. The fourth-order valence-electron chi connectivity index (χ4n) is 1.69. The highest BCUT2D eigenvalue weighted by molar-refractivity contribution is 5.74. The first kappa shape index (κ1) is 18.0. The van der Waals surface area contributed by atoms with Crippen molar-refractivity contribution in [2.45, 2.75) is 39.5 Å². The van der Waals surface area contributed by atoms with Gasteiger partial charge in [-0.25, -0.2) is 4.79 Å². The van der Waals surface area contributed by atoms with E-state index < -0.39 is 12.8 Å². The van der Waals surface area contributed by atoms with E-state index in [-0.39, 0.29) is 24.5 Å². The molecule has 0 saturated carbocycles. The SMILES string of the molecule is CCN(C(=O)NCc1ccc(OCC(F)(F)F)nn1)C(C)C. The third-order valence-electron chi connectivity index (χ3n) is 2.72. The summed E-state index contributed by atoms with van der Waals surface area (Å²) in [5.74, 6) is -0.218. The van der Waals surface area contributed by atoms with Crippen LogP contribution in [-0.4, -0.2) is 46.5 Å². The molecule has 124 valence electrons. The Labute approximate surface area is 126 Å². The van der Waals surface area contributed by atoms with Gasteiger partial charge in [0, 0.05) is 18.7 Å². The van der Waals surface area contributed by atoms with Gasteiger partial charge in [-0.15, -0.1) is 5.10 Å². The molecule has 9 heteroatoms. The summed E-state index contributed by atoms with van der Waals surface area (Å²) in [6.07, 6.45) is -4.42. The molecule has 0 bridgehead atoms. The predicted molar refractivity (Wildman–Crippen MR) is 73.3 cm³/mol. The zero-order chi connectivity index (χ0) is 16.8. The number of aromatic nitrogens is 2. The Kier molecular flexibility index (Phi) is 6.39. The smallest absolute Gasteiger partial charge is 0.422 e. The number of ether oxygens (including phenoxy) is 1. The molecule has 0 radical (unpaired) electrons. The van der Waals surface area contributed by atoms with Crippen LogP contribution in [0.3, 0.4) is 0 Å². The Morgan fingerprint density at radius 1 is 1.36 bits per heavy atom. The molecule has 22 heavy (non-hydrogen) atoms. The van der Waals surface area contributed by atoms with Gasteiger partial charge in [0.2, 0.25) is 5.88 Å². The monoisotopic (exact) mass is 320 g/mol. The maximum Gasteiger partial charge on any atom is 0.422 e. The van der Waals surface area contributed by atoms with E-state index in [1.54, 1.807) is 4.90 Å². The van der Waals surface area contributed by atoms with E-state index in [1.807, 2.05) is 20.8 Å². The van der Waals surface area contributed by atoms with Crippen LogP contribution in [0.4, 0.5) is 18.0 Å². The summed E-state index contributed by atoms with van der Waals surface area (Å²) in [4.78, 5) is 13.5. The number of hydrogen-bond acceptors (Lipinski definition) is 4. The van der Waals surface area contributed by atoms with Crippen LogP contribution in [0, 0.1) is 0 Å². The Bertz CT molecular complexity index is 477. The lowest BCUT2D eigenvalue weighted by Crippen LogP contribution is -2.43. The molecular formula is C13H19F3N4O2. The molecule has 0 unspecified atom stereocenters. The summed E-state index contributed by atoms with van der Waals surface area (Å²) >= 11 is 0. The standard InChI is InChI=1S/C13H19F3N4O2/c1-4-20(9(2)3)12(21)17-7-10-5-6-11(19-18-10)22-8-13(14,15)16/h5-6,9H,4,7-8H2,1-3H3,(H,17,21). The van der Waals surface area contributed by atoms with Crippen molar-refractivity contribution in [3.8, 4) is 5.88 Å². The molecule has 0 spiro atoms. The number of nitrogens with one attached hydrogen (secondary N) is 1. The molecule has 1 aromatic heterocycles. The summed E-state index contributed by atoms with van der Waals surface area (Å²) < 4.78 is 40.4. The highest BCUT2D eigenvalue weighted by atomic mass is 19.4. The molecule has 6 nitrogen and oxygen atoms in total. The van der Waals surface area contributed by atoms with E-state index in [0.717, 1.165) is 0 Å². The van der Waals surface area contributed by atoms with Gasteiger partial charge < -0.3 is 15.0 Å². The number of rotatable bonds is 6. The van der Waals surface area contributed by atoms with Crippen LogP contribution < -0.4 is 10.1 Å². The number of urea groups is 1. The van der Waals surface area contributed by atoms with Crippen molar-refractivity contribution in [1.29, 1.82) is 0 Å². The van der Waals surface area contributed by atoms with Crippen LogP contribution in [0.1, 0.15) is 26.5 Å². The van der Waals surface area contributed by atoms with Crippen molar-refractivity contribution in [3.63, 3.8) is 0 Å². The molecule has 1 aromatic rings. The molecule has 0 saturated heterocycles. The van der Waals surface area contributed by atoms with E-state index in [1.165, 1.54) is 12.1 Å². The summed E-state index contributed by atoms with van der Waals surface area (Å²) in [7, 11) is 0. The van der Waals surface area contributed by atoms with Crippen molar-refractivity contribution in [2.24, 2.45) is 0 Å². The highest BCUT2D eigenvalue weighted by Crippen LogP contribution is 2.16. The maximum atomic E-state index is 12.0. The minimum atomic E-state index is -4.42. The largest absolute Gasteiger partial charge is 0.467 e. The fraction of sp³-hybridized carbons (Fsp3) is 0.615. The van der Waals surface area contributed by atoms with Gasteiger partial charge in [0.15, 0.2) is 6.61 Å². The van der Waals surface area contributed by atoms with Crippen LogP contribution in [0.15, 0.2) is 12.1 Å². The van der Waals surface area contributed by atoms with Crippen LogP contribution in [-0.2, 0) is 6.54 Å². The molecule has 1 heterocycles. The van der Waals surface area contributed by atoms with Crippen LogP contribution >= 0.6 is 0 Å². The number of amides is 2. The molecule has 0 aliphatic rings. The molecule has 0 aliphatic heterocycles. The summed E-state index contributed by atoms with van der Waals surface area (Å²) in [6.45, 7) is 4.95. The van der Waals surface area contributed by atoms with Gasteiger partial charge in [0.05, 0.1) is 12.2 Å². The Morgan fingerprint density at radius 2 is 2.05 bits per heavy atom. The van der Waals surface area contributed by atoms with E-state index >= 15 is 0 Å². The number of carbonyl (C=O) groups excluding carboxylic acids is 1. The molecule has 2 amide bonds. The molecule has 1 N–H and O–H groups in total. The number of hydrogen-bond donors (Lipinski definition) is 1. The first-order valence-corrected chi connectivity index (χ1v) is 6.79. The third-order valence-corrected chi connectivity index (χ3v) is 2.72. The summed E-state index contributed by atoms with van der Waals surface area (Å²) in [6, 6.07) is 2.55. The lowest BCUT2D eigenvalue weighted by molar-refractivity contribution is -0.154. The highest BCUT2D eigenvalue weighted by Gasteiger charge is 2.28. The van der Waals surface area contributed by atoms with Gasteiger partial charge in [0.1, 0.15) is 0 Å². The van der Waals surface area contributed by atoms with Crippen molar-refractivity contribution >= 4 is 6.03 Å². The molecule has 1 rings (SSSR count). The number of carbonyl (C=O) groups is 1. The molecule has 0 aromatic carbocycles. The minimum Gasteiger partial charge on any atom is -0.467 e. The Balaban J connectivity index is 2.49. The topological polar surface area (TPSA) is 67.4 Å². The van der Waals surface area contributed by atoms with E-state index in [9.17, 15) is 18.0 Å². The number of alkyl halides is 3. The Morgan fingerprint density at radius 3 is 2.50 bits per heavy atom. The average Bonchev–Trinajstić information content (AvgIpc) is 2.43. The quantitative estimate of drug-likeness (QED) is 0.874. The normalized spacial score (nSPS) is 11.4.